The van der Waals surface area contributed by atoms with Crippen molar-refractivity contribution in [2.45, 2.75) is 56.5 Å². The summed E-state index contributed by atoms with van der Waals surface area (Å²) in [6.45, 7) is -0.198. The second-order valence-corrected chi connectivity index (χ2v) is 10.2. The van der Waals surface area contributed by atoms with Crippen LogP contribution in [-0.2, 0) is 16.0 Å². The fraction of sp³-hybridized carbons (Fsp3) is 0.542. The van der Waals surface area contributed by atoms with Gasteiger partial charge >= 0.3 is 6.03 Å². The minimum absolute atomic E-state index is 0.117. The van der Waals surface area contributed by atoms with Gasteiger partial charge in [-0.2, -0.15) is 0 Å². The first-order valence-corrected chi connectivity index (χ1v) is 11.5. The van der Waals surface area contributed by atoms with E-state index < -0.39 is 12.1 Å². The van der Waals surface area contributed by atoms with Crippen molar-refractivity contribution >= 4 is 28.7 Å². The highest BCUT2D eigenvalue weighted by Gasteiger charge is 2.52. The summed E-state index contributed by atoms with van der Waals surface area (Å²) in [5.74, 6) is 1.64. The van der Waals surface area contributed by atoms with Crippen LogP contribution in [0.1, 0.15) is 44.1 Å². The molecule has 4 bridgehead atoms. The lowest BCUT2D eigenvalue weighted by atomic mass is 9.53. The van der Waals surface area contributed by atoms with Crippen molar-refractivity contribution in [1.82, 2.24) is 20.5 Å². The summed E-state index contributed by atoms with van der Waals surface area (Å²) in [6.07, 6.45) is 9.34. The molecule has 31 heavy (non-hydrogen) atoms. The molecular weight excluding hydrogens is 392 g/mol. The highest BCUT2D eigenvalue weighted by Crippen LogP contribution is 2.55. The summed E-state index contributed by atoms with van der Waals surface area (Å²) < 4.78 is 0. The van der Waals surface area contributed by atoms with Crippen LogP contribution in [0.15, 0.2) is 30.5 Å². The number of hydrogen-bond acceptors (Lipinski definition) is 3. The lowest BCUT2D eigenvalue weighted by Gasteiger charge is -2.56. The van der Waals surface area contributed by atoms with Crippen LogP contribution in [0, 0.1) is 17.8 Å². The molecule has 5 aliphatic rings. The number of aromatic nitrogens is 1. The van der Waals surface area contributed by atoms with Crippen LogP contribution in [0.3, 0.4) is 0 Å². The van der Waals surface area contributed by atoms with E-state index in [9.17, 15) is 14.4 Å². The van der Waals surface area contributed by atoms with Crippen LogP contribution in [0.2, 0.25) is 0 Å². The summed E-state index contributed by atoms with van der Waals surface area (Å²) in [4.78, 5) is 42.6. The van der Waals surface area contributed by atoms with Crippen molar-refractivity contribution in [2.75, 3.05) is 6.54 Å². The van der Waals surface area contributed by atoms with Crippen molar-refractivity contribution in [3.05, 3.63) is 36.0 Å². The number of rotatable bonds is 5. The molecule has 7 heteroatoms. The Balaban J connectivity index is 1.12. The minimum Gasteiger partial charge on any atom is -0.361 e. The summed E-state index contributed by atoms with van der Waals surface area (Å²) in [6, 6.07) is 6.77. The summed E-state index contributed by atoms with van der Waals surface area (Å²) in [5.41, 5.74) is 1.87. The molecule has 2 aromatic rings. The number of imide groups is 1. The second kappa shape index (κ2) is 6.84. The fourth-order valence-electron chi connectivity index (χ4n) is 7.13. The van der Waals surface area contributed by atoms with E-state index in [0.29, 0.717) is 6.42 Å². The standard InChI is InChI=1S/C24H28N4O3/c29-21(27-24-9-14-5-15(10-24)7-16(6-14)11-24)13-28-22(30)20(26-23(28)31)8-17-12-25-19-4-2-1-3-18(17)19/h1-4,12,14-16,20,25H,5-11,13H2,(H,26,31)(H,27,29)/t14?,15?,16?,20-,24?/m1/s1. The van der Waals surface area contributed by atoms with E-state index in [1.165, 1.54) is 19.3 Å². The largest absolute Gasteiger partial charge is 0.361 e. The van der Waals surface area contributed by atoms with Gasteiger partial charge in [0.25, 0.3) is 5.91 Å². The van der Waals surface area contributed by atoms with Gasteiger partial charge in [0.05, 0.1) is 0 Å². The van der Waals surface area contributed by atoms with Crippen LogP contribution in [-0.4, -0.2) is 45.9 Å². The third kappa shape index (κ3) is 3.22. The maximum atomic E-state index is 12.9. The molecular formula is C24H28N4O3. The maximum absolute atomic E-state index is 12.9. The number of aromatic amines is 1. The van der Waals surface area contributed by atoms with Crippen molar-refractivity contribution < 1.29 is 14.4 Å². The molecule has 1 aliphatic heterocycles. The third-order valence-electron chi connectivity index (χ3n) is 7.95. The summed E-state index contributed by atoms with van der Waals surface area (Å²) in [7, 11) is 0. The zero-order valence-corrected chi connectivity index (χ0v) is 17.5. The number of benzene rings is 1. The number of urea groups is 1. The van der Waals surface area contributed by atoms with E-state index >= 15 is 0 Å². The number of nitrogens with zero attached hydrogens (tertiary/aromatic N) is 1. The van der Waals surface area contributed by atoms with Crippen LogP contribution in [0.4, 0.5) is 4.79 Å². The number of nitrogens with one attached hydrogen (secondary N) is 3. The van der Waals surface area contributed by atoms with Gasteiger partial charge in [-0.25, -0.2) is 4.79 Å². The van der Waals surface area contributed by atoms with Gasteiger partial charge in [0.2, 0.25) is 5.91 Å². The molecule has 1 aromatic heterocycles. The first-order valence-electron chi connectivity index (χ1n) is 11.5. The molecule has 4 amide bonds. The molecule has 4 saturated carbocycles. The van der Waals surface area contributed by atoms with Gasteiger partial charge < -0.3 is 15.6 Å². The van der Waals surface area contributed by atoms with E-state index in [-0.39, 0.29) is 23.9 Å². The monoisotopic (exact) mass is 420 g/mol. The molecule has 0 spiro atoms. The van der Waals surface area contributed by atoms with Gasteiger partial charge in [-0.15, -0.1) is 0 Å². The van der Waals surface area contributed by atoms with Gasteiger partial charge in [-0.3, -0.25) is 14.5 Å². The van der Waals surface area contributed by atoms with Gasteiger partial charge in [-0.05, 0) is 67.9 Å². The smallest absolute Gasteiger partial charge is 0.325 e. The molecule has 0 radical (unpaired) electrons. The first kappa shape index (κ1) is 18.9. The Morgan fingerprint density at radius 1 is 1.06 bits per heavy atom. The van der Waals surface area contributed by atoms with Gasteiger partial charge in [0, 0.05) is 29.1 Å². The van der Waals surface area contributed by atoms with Gasteiger partial charge in [-0.1, -0.05) is 18.2 Å². The Bertz CT molecular complexity index is 1040. The molecule has 1 saturated heterocycles. The number of H-pyrrole nitrogens is 1. The van der Waals surface area contributed by atoms with Crippen LogP contribution >= 0.6 is 0 Å². The molecule has 5 fully saturated rings. The predicted molar refractivity (Wildman–Crippen MR) is 115 cm³/mol. The fourth-order valence-corrected chi connectivity index (χ4v) is 7.13. The Morgan fingerprint density at radius 3 is 2.45 bits per heavy atom. The topological polar surface area (TPSA) is 94.3 Å². The lowest BCUT2D eigenvalue weighted by Crippen LogP contribution is -2.61. The lowest BCUT2D eigenvalue weighted by molar-refractivity contribution is -0.134. The van der Waals surface area contributed by atoms with E-state index in [1.54, 1.807) is 0 Å². The zero-order chi connectivity index (χ0) is 21.2. The van der Waals surface area contributed by atoms with Crippen molar-refractivity contribution in [3.63, 3.8) is 0 Å². The van der Waals surface area contributed by atoms with Crippen LogP contribution in [0.5, 0.6) is 0 Å². The van der Waals surface area contributed by atoms with E-state index in [0.717, 1.165) is 58.4 Å². The second-order valence-electron chi connectivity index (χ2n) is 10.2. The predicted octanol–water partition coefficient (Wildman–Crippen LogP) is 2.72. The Kier molecular flexibility index (Phi) is 4.17. The van der Waals surface area contributed by atoms with Crippen molar-refractivity contribution in [2.24, 2.45) is 17.8 Å². The maximum Gasteiger partial charge on any atom is 0.325 e. The SMILES string of the molecule is O=C(CN1C(=O)N[C@H](Cc2c[nH]c3ccccc23)C1=O)NC12CC3CC(CC(C3)C1)C2. The van der Waals surface area contributed by atoms with Gasteiger partial charge in [0.1, 0.15) is 12.6 Å². The number of para-hydroxylation sites is 1. The summed E-state index contributed by atoms with van der Waals surface area (Å²) in [5, 5.41) is 7.07. The van der Waals surface area contributed by atoms with E-state index in [1.807, 2.05) is 30.5 Å². The summed E-state index contributed by atoms with van der Waals surface area (Å²) >= 11 is 0. The highest BCUT2D eigenvalue weighted by molar-refractivity contribution is 6.06. The molecule has 7 nitrogen and oxygen atoms in total. The molecule has 162 valence electrons. The zero-order valence-electron chi connectivity index (χ0n) is 17.5. The number of carbonyl (C=O) groups is 3. The average molecular weight is 421 g/mol. The van der Waals surface area contributed by atoms with Crippen molar-refractivity contribution in [3.8, 4) is 0 Å². The van der Waals surface area contributed by atoms with E-state index in [4.69, 9.17) is 0 Å². The Hall–Kier alpha value is -2.83. The van der Waals surface area contributed by atoms with E-state index in [2.05, 4.69) is 15.6 Å². The molecule has 7 rings (SSSR count). The highest BCUT2D eigenvalue weighted by atomic mass is 16.2. The molecule has 1 atom stereocenters. The van der Waals surface area contributed by atoms with Crippen LogP contribution in [0.25, 0.3) is 10.9 Å². The van der Waals surface area contributed by atoms with Gasteiger partial charge in [0.15, 0.2) is 0 Å². The third-order valence-corrected chi connectivity index (χ3v) is 7.95. The molecule has 3 N–H and O–H groups in total. The average Bonchev–Trinajstić information content (AvgIpc) is 3.23. The van der Waals surface area contributed by atoms with Crippen molar-refractivity contribution in [1.29, 1.82) is 0 Å². The first-order chi connectivity index (χ1) is 15.0. The Labute approximate surface area is 180 Å². The Morgan fingerprint density at radius 2 is 1.74 bits per heavy atom. The van der Waals surface area contributed by atoms with Crippen LogP contribution < -0.4 is 10.6 Å². The normalized spacial score (nSPS) is 33.9. The number of hydrogen-bond donors (Lipinski definition) is 3. The molecule has 2 heterocycles. The minimum atomic E-state index is -0.640. The molecule has 1 aromatic carbocycles. The molecule has 4 aliphatic carbocycles. The number of fused-ring (bicyclic) bond motifs is 1. The number of carbonyl (C=O) groups excluding carboxylic acids is 3. The molecule has 0 unspecified atom stereocenters. The quantitative estimate of drug-likeness (QED) is 0.649. The number of amides is 4.